The summed E-state index contributed by atoms with van der Waals surface area (Å²) in [5.41, 5.74) is -1.05. The van der Waals surface area contributed by atoms with Crippen molar-refractivity contribution in [3.8, 4) is 0 Å². The van der Waals surface area contributed by atoms with E-state index in [4.69, 9.17) is 11.6 Å². The predicted octanol–water partition coefficient (Wildman–Crippen LogP) is 3.03. The minimum Gasteiger partial charge on any atom is -0.388 e. The Hall–Kier alpha value is -2.12. The van der Waals surface area contributed by atoms with Crippen molar-refractivity contribution >= 4 is 43.1 Å². The number of aliphatic hydroxyl groups is 1. The van der Waals surface area contributed by atoms with Crippen LogP contribution in [0.15, 0.2) is 35.2 Å². The van der Waals surface area contributed by atoms with Crippen LogP contribution in [0.25, 0.3) is 0 Å². The topological polar surface area (TPSA) is 130 Å². The molecule has 0 aliphatic heterocycles. The largest absolute Gasteiger partial charge is 0.388 e. The fourth-order valence-electron chi connectivity index (χ4n) is 5.06. The average Bonchev–Trinajstić information content (AvgIpc) is 2.80. The van der Waals surface area contributed by atoms with E-state index in [1.54, 1.807) is 0 Å². The van der Waals surface area contributed by atoms with Gasteiger partial charge in [-0.2, -0.15) is 0 Å². The van der Waals surface area contributed by atoms with Gasteiger partial charge < -0.3 is 10.4 Å². The quantitative estimate of drug-likeness (QED) is 0.476. The number of carbonyl (C=O) groups is 1. The molecule has 1 amide bonds. The van der Waals surface area contributed by atoms with Gasteiger partial charge in [0.2, 0.25) is 10.0 Å². The SMILES string of the molecule is Cc1cc(F)c(F)cc1NC(=O)c1ccc(Cl)c(S(=O)(=O)C2CC3C[C@@H](C2)[C@@]3(O)CNS(C)(=O)=O)c1. The number of rotatable bonds is 7. The summed E-state index contributed by atoms with van der Waals surface area (Å²) in [7, 11) is -7.53. The van der Waals surface area contributed by atoms with Crippen LogP contribution in [0.2, 0.25) is 5.02 Å². The number of anilines is 1. The Labute approximate surface area is 213 Å². The van der Waals surface area contributed by atoms with Gasteiger partial charge in [-0.3, -0.25) is 4.79 Å². The molecule has 8 nitrogen and oxygen atoms in total. The number of nitrogens with one attached hydrogen (secondary N) is 2. The fraction of sp³-hybridized carbons (Fsp3) is 0.435. The van der Waals surface area contributed by atoms with E-state index in [9.17, 15) is 35.5 Å². The number of benzene rings is 2. The maximum absolute atomic E-state index is 13.6. The summed E-state index contributed by atoms with van der Waals surface area (Å²) in [5.74, 6) is -3.75. The predicted molar refractivity (Wildman–Crippen MR) is 130 cm³/mol. The molecule has 3 N–H and O–H groups in total. The highest BCUT2D eigenvalue weighted by atomic mass is 35.5. The third-order valence-corrected chi connectivity index (χ3v) is 10.5. The first-order chi connectivity index (χ1) is 16.6. The molecule has 196 valence electrons. The number of sulfonamides is 1. The van der Waals surface area contributed by atoms with Gasteiger partial charge in [-0.1, -0.05) is 11.6 Å². The Morgan fingerprint density at radius 2 is 1.69 bits per heavy atom. The van der Waals surface area contributed by atoms with Crippen LogP contribution < -0.4 is 10.0 Å². The van der Waals surface area contributed by atoms with E-state index in [1.165, 1.54) is 19.1 Å². The summed E-state index contributed by atoms with van der Waals surface area (Å²) >= 11 is 6.20. The van der Waals surface area contributed by atoms with Crippen molar-refractivity contribution in [3.63, 3.8) is 0 Å². The monoisotopic (exact) mass is 562 g/mol. The lowest BCUT2D eigenvalue weighted by molar-refractivity contribution is -0.170. The molecule has 2 bridgehead atoms. The maximum atomic E-state index is 13.6. The minimum absolute atomic E-state index is 0.0348. The zero-order valence-corrected chi connectivity index (χ0v) is 21.8. The molecule has 3 saturated carbocycles. The molecule has 4 atom stereocenters. The first-order valence-electron chi connectivity index (χ1n) is 11.1. The normalized spacial score (nSPS) is 25.8. The standard InChI is InChI=1S/C23H25ClF2N2O6S2/c1-12-5-18(25)19(26)10-20(12)28-22(29)13-3-4-17(24)21(6-13)36(33,34)16-8-14-7-15(9-16)23(14,30)11-27-35(2,31)32/h3-6,10,14-16,27,30H,7-9,11H2,1-2H3,(H,28,29)/t14-,15?,16?,23-/m0/s1. The lowest BCUT2D eigenvalue weighted by Crippen LogP contribution is -2.66. The number of amides is 1. The molecule has 0 radical (unpaired) electrons. The Balaban J connectivity index is 1.54. The maximum Gasteiger partial charge on any atom is 0.255 e. The average molecular weight is 563 g/mol. The van der Waals surface area contributed by atoms with Gasteiger partial charge >= 0.3 is 0 Å². The molecule has 36 heavy (non-hydrogen) atoms. The van der Waals surface area contributed by atoms with Crippen LogP contribution in [-0.4, -0.2) is 51.5 Å². The van der Waals surface area contributed by atoms with Gasteiger partial charge in [0.05, 0.1) is 27.0 Å². The van der Waals surface area contributed by atoms with E-state index in [0.717, 1.165) is 24.5 Å². The lowest BCUT2D eigenvalue weighted by Gasteiger charge is -2.58. The van der Waals surface area contributed by atoms with Crippen LogP contribution in [0.5, 0.6) is 0 Å². The lowest BCUT2D eigenvalue weighted by atomic mass is 9.54. The zero-order valence-electron chi connectivity index (χ0n) is 19.4. The number of fused-ring (bicyclic) bond motifs is 2. The molecular formula is C23H25ClF2N2O6S2. The smallest absolute Gasteiger partial charge is 0.255 e. The van der Waals surface area contributed by atoms with Crippen molar-refractivity contribution in [1.29, 1.82) is 0 Å². The summed E-state index contributed by atoms with van der Waals surface area (Å²) < 4.78 is 79.1. The van der Waals surface area contributed by atoms with Crippen molar-refractivity contribution in [2.24, 2.45) is 11.8 Å². The fourth-order valence-corrected chi connectivity index (χ4v) is 7.96. The van der Waals surface area contributed by atoms with Crippen LogP contribution in [0.3, 0.4) is 0 Å². The zero-order chi connectivity index (χ0) is 26.6. The molecule has 2 unspecified atom stereocenters. The number of hydrogen-bond acceptors (Lipinski definition) is 6. The second kappa shape index (κ2) is 9.32. The van der Waals surface area contributed by atoms with Gasteiger partial charge in [0, 0.05) is 23.9 Å². The summed E-state index contributed by atoms with van der Waals surface area (Å²) in [6, 6.07) is 5.50. The number of halogens is 3. The van der Waals surface area contributed by atoms with Crippen LogP contribution in [-0.2, 0) is 19.9 Å². The van der Waals surface area contributed by atoms with Gasteiger partial charge in [0.15, 0.2) is 21.5 Å². The van der Waals surface area contributed by atoms with Crippen molar-refractivity contribution in [1.82, 2.24) is 4.72 Å². The highest BCUT2D eigenvalue weighted by Crippen LogP contribution is 2.55. The van der Waals surface area contributed by atoms with Crippen LogP contribution in [0.1, 0.15) is 35.2 Å². The molecule has 0 aromatic heterocycles. The van der Waals surface area contributed by atoms with E-state index >= 15 is 0 Å². The highest BCUT2D eigenvalue weighted by Gasteiger charge is 2.60. The second-order valence-corrected chi connectivity index (χ2v) is 14.0. The third kappa shape index (κ3) is 5.01. The first-order valence-corrected chi connectivity index (χ1v) is 14.9. The Bertz CT molecular complexity index is 1440. The molecule has 0 spiro atoms. The summed E-state index contributed by atoms with van der Waals surface area (Å²) in [6.07, 6.45) is 1.79. The van der Waals surface area contributed by atoms with Crippen LogP contribution in [0, 0.1) is 30.4 Å². The van der Waals surface area contributed by atoms with Gasteiger partial charge in [-0.25, -0.2) is 30.3 Å². The third-order valence-electron chi connectivity index (χ3n) is 7.15. The van der Waals surface area contributed by atoms with Gasteiger partial charge in [-0.05, 0) is 67.9 Å². The highest BCUT2D eigenvalue weighted by molar-refractivity contribution is 7.92. The molecule has 3 fully saturated rings. The molecule has 3 aliphatic carbocycles. The van der Waals surface area contributed by atoms with E-state index in [-0.39, 0.29) is 46.1 Å². The number of carbonyl (C=O) groups excluding carboxylic acids is 1. The summed E-state index contributed by atoms with van der Waals surface area (Å²) in [4.78, 5) is 12.5. The van der Waals surface area contributed by atoms with Gasteiger partial charge in [0.1, 0.15) is 0 Å². The molecule has 0 heterocycles. The molecule has 5 rings (SSSR count). The van der Waals surface area contributed by atoms with Crippen molar-refractivity contribution in [2.75, 3.05) is 18.1 Å². The molecule has 0 saturated heterocycles. The van der Waals surface area contributed by atoms with Gasteiger partial charge in [-0.15, -0.1) is 0 Å². The van der Waals surface area contributed by atoms with Crippen molar-refractivity contribution in [2.45, 2.75) is 41.9 Å². The van der Waals surface area contributed by atoms with E-state index in [0.29, 0.717) is 6.42 Å². The molecule has 2 aromatic rings. The van der Waals surface area contributed by atoms with Crippen molar-refractivity contribution < 1.29 is 35.5 Å². The van der Waals surface area contributed by atoms with Crippen molar-refractivity contribution in [3.05, 3.63) is 58.1 Å². The Kier molecular flexibility index (Phi) is 6.97. The summed E-state index contributed by atoms with van der Waals surface area (Å²) in [6.45, 7) is 1.30. The van der Waals surface area contributed by atoms with Crippen LogP contribution >= 0.6 is 11.6 Å². The molecular weight excluding hydrogens is 538 g/mol. The van der Waals surface area contributed by atoms with E-state index < -0.39 is 60.1 Å². The number of aryl methyl sites for hydroxylation is 1. The second-order valence-electron chi connectivity index (χ2n) is 9.53. The Morgan fingerprint density at radius 3 is 2.31 bits per heavy atom. The number of sulfone groups is 1. The van der Waals surface area contributed by atoms with Gasteiger partial charge in [0.25, 0.3) is 5.91 Å². The number of hydrogen-bond donors (Lipinski definition) is 3. The van der Waals surface area contributed by atoms with E-state index in [1.807, 2.05) is 0 Å². The first kappa shape index (κ1) is 26.9. The molecule has 2 aromatic carbocycles. The molecule has 13 heteroatoms. The van der Waals surface area contributed by atoms with E-state index in [2.05, 4.69) is 10.0 Å². The minimum atomic E-state index is -4.01. The summed E-state index contributed by atoms with van der Waals surface area (Å²) in [5, 5.41) is 12.4. The molecule has 3 aliphatic rings. The Morgan fingerprint density at radius 1 is 1.08 bits per heavy atom. The van der Waals surface area contributed by atoms with Crippen LogP contribution in [0.4, 0.5) is 14.5 Å².